The number of hydrogen-bond acceptors (Lipinski definition) is 9. The van der Waals surface area contributed by atoms with Gasteiger partial charge in [-0.15, -0.1) is 0 Å². The van der Waals surface area contributed by atoms with Gasteiger partial charge in [-0.2, -0.15) is 0 Å². The van der Waals surface area contributed by atoms with Gasteiger partial charge in [0, 0.05) is 0 Å². The van der Waals surface area contributed by atoms with E-state index < -0.39 is 61.5 Å². The smallest absolute Gasteiger partial charge is 0.249 e. The van der Waals surface area contributed by atoms with Crippen molar-refractivity contribution in [2.75, 3.05) is 13.2 Å². The van der Waals surface area contributed by atoms with E-state index in [9.17, 15) is 35.4 Å². The summed E-state index contributed by atoms with van der Waals surface area (Å²) in [5.41, 5.74) is 0. The van der Waals surface area contributed by atoms with Crippen LogP contribution in [0, 0.1) is 0 Å². The van der Waals surface area contributed by atoms with Crippen molar-refractivity contribution < 1.29 is 44.9 Å². The highest BCUT2D eigenvalue weighted by atomic mass is 16.7. The summed E-state index contributed by atoms with van der Waals surface area (Å²) in [6.45, 7) is 3.66. The molecule has 0 spiro atoms. The quantitative estimate of drug-likeness (QED) is 0.0235. The van der Waals surface area contributed by atoms with E-state index in [0.717, 1.165) is 44.9 Å². The average Bonchev–Trinajstić information content (AvgIpc) is 3.22. The number of amides is 1. The fourth-order valence-electron chi connectivity index (χ4n) is 7.93. The molecule has 0 saturated carbocycles. The molecule has 1 heterocycles. The molecule has 1 aliphatic heterocycles. The van der Waals surface area contributed by atoms with Gasteiger partial charge in [-0.1, -0.05) is 199 Å². The van der Waals surface area contributed by atoms with Crippen molar-refractivity contribution in [2.45, 2.75) is 275 Å². The molecule has 1 aliphatic rings. The summed E-state index contributed by atoms with van der Waals surface area (Å²) >= 11 is 0. The Hall–Kier alpha value is -1.11. The number of carbonyl (C=O) groups excluding carboxylic acids is 1. The van der Waals surface area contributed by atoms with Gasteiger partial charge < -0.3 is 45.4 Å². The number of carbonyl (C=O) groups is 1. The lowest BCUT2D eigenvalue weighted by atomic mass is 9.99. The molecule has 0 aliphatic carbocycles. The van der Waals surface area contributed by atoms with Gasteiger partial charge in [0.25, 0.3) is 0 Å². The second kappa shape index (κ2) is 38.8. The summed E-state index contributed by atoms with van der Waals surface area (Å²) in [5, 5.41) is 64.8. The lowest BCUT2D eigenvalue weighted by molar-refractivity contribution is -0.302. The Morgan fingerprint density at radius 2 is 0.966 bits per heavy atom. The molecule has 58 heavy (non-hydrogen) atoms. The van der Waals surface area contributed by atoms with E-state index in [2.05, 4.69) is 31.3 Å². The fraction of sp³-hybridized carbons (Fsp3) is 0.938. The number of aliphatic hydroxyl groups excluding tert-OH is 6. The van der Waals surface area contributed by atoms with Crippen LogP contribution in [0.1, 0.15) is 226 Å². The first kappa shape index (κ1) is 54.9. The van der Waals surface area contributed by atoms with Crippen LogP contribution in [0.25, 0.3) is 0 Å². The van der Waals surface area contributed by atoms with E-state index in [1.54, 1.807) is 0 Å². The van der Waals surface area contributed by atoms with Crippen molar-refractivity contribution in [2.24, 2.45) is 0 Å². The maximum atomic E-state index is 13.1. The van der Waals surface area contributed by atoms with Crippen molar-refractivity contribution in [3.63, 3.8) is 0 Å². The molecule has 2 unspecified atom stereocenters. The lowest BCUT2D eigenvalue weighted by Crippen LogP contribution is -2.60. The van der Waals surface area contributed by atoms with Gasteiger partial charge in [0.15, 0.2) is 6.29 Å². The van der Waals surface area contributed by atoms with Crippen LogP contribution in [0.2, 0.25) is 0 Å². The van der Waals surface area contributed by atoms with E-state index in [1.165, 1.54) is 154 Å². The third-order valence-electron chi connectivity index (χ3n) is 12.0. The van der Waals surface area contributed by atoms with Crippen molar-refractivity contribution in [3.8, 4) is 0 Å². The minimum Gasteiger partial charge on any atom is -0.394 e. The van der Waals surface area contributed by atoms with Crippen molar-refractivity contribution >= 4 is 5.91 Å². The molecule has 0 bridgehead atoms. The first-order valence-corrected chi connectivity index (χ1v) is 24.5. The SMILES string of the molecule is CCCCCCCCC/C=C\CCCC[C@@H](O)[C@H](CO[C@@H]1O[C@H](CO)[C@@H](O)C(O)C1O)NC(=O)[C@H](O)CCCCCCCCCCCCCCCCCCCCCC. The first-order valence-electron chi connectivity index (χ1n) is 24.5. The largest absolute Gasteiger partial charge is 0.394 e. The number of unbranched alkanes of at least 4 members (excludes halogenated alkanes) is 28. The van der Waals surface area contributed by atoms with E-state index in [4.69, 9.17) is 9.47 Å². The van der Waals surface area contributed by atoms with Gasteiger partial charge in [-0.05, 0) is 38.5 Å². The molecular formula is C48H93NO9. The van der Waals surface area contributed by atoms with Crippen LogP contribution in [0.5, 0.6) is 0 Å². The van der Waals surface area contributed by atoms with E-state index in [-0.39, 0.29) is 6.61 Å². The van der Waals surface area contributed by atoms with Crippen LogP contribution in [0.15, 0.2) is 12.2 Å². The van der Waals surface area contributed by atoms with Crippen LogP contribution in [0.3, 0.4) is 0 Å². The molecule has 0 aromatic carbocycles. The predicted molar refractivity (Wildman–Crippen MR) is 237 cm³/mol. The van der Waals surface area contributed by atoms with Crippen molar-refractivity contribution in [3.05, 3.63) is 12.2 Å². The van der Waals surface area contributed by atoms with Gasteiger partial charge in [-0.3, -0.25) is 4.79 Å². The fourth-order valence-corrected chi connectivity index (χ4v) is 7.93. The summed E-state index contributed by atoms with van der Waals surface area (Å²) in [4.78, 5) is 13.1. The number of ether oxygens (including phenoxy) is 2. The maximum absolute atomic E-state index is 13.1. The van der Waals surface area contributed by atoms with E-state index in [1.807, 2.05) is 0 Å². The molecule has 0 aromatic heterocycles. The lowest BCUT2D eigenvalue weighted by Gasteiger charge is -2.40. The second-order valence-electron chi connectivity index (χ2n) is 17.4. The van der Waals surface area contributed by atoms with E-state index in [0.29, 0.717) is 12.8 Å². The van der Waals surface area contributed by atoms with Crippen LogP contribution in [-0.2, 0) is 14.3 Å². The summed E-state index contributed by atoms with van der Waals surface area (Å²) in [6, 6.07) is -0.905. The molecule has 0 radical (unpaired) electrons. The number of hydrogen-bond donors (Lipinski definition) is 7. The molecule has 344 valence electrons. The molecule has 7 N–H and O–H groups in total. The summed E-state index contributed by atoms with van der Waals surface area (Å²) in [5.74, 6) is -0.590. The third-order valence-corrected chi connectivity index (χ3v) is 12.0. The molecule has 0 aromatic rings. The molecule has 1 fully saturated rings. The minimum absolute atomic E-state index is 0.264. The van der Waals surface area contributed by atoms with Crippen molar-refractivity contribution in [1.82, 2.24) is 5.32 Å². The summed E-state index contributed by atoms with van der Waals surface area (Å²) in [6.07, 6.45) is 34.1. The van der Waals surface area contributed by atoms with Gasteiger partial charge in [0.2, 0.25) is 5.91 Å². The Balaban J connectivity index is 2.33. The van der Waals surface area contributed by atoms with Gasteiger partial charge >= 0.3 is 0 Å². The third kappa shape index (κ3) is 28.4. The number of allylic oxidation sites excluding steroid dienone is 2. The number of aliphatic hydroxyl groups is 6. The zero-order valence-corrected chi connectivity index (χ0v) is 37.4. The standard InChI is InChI=1S/C48H93NO9/c1-3-5-7-9-11-13-15-17-18-19-20-21-22-23-25-27-29-31-33-35-37-42(52)47(56)49-40(39-57-48-46(55)45(54)44(53)43(38-50)58-48)41(51)36-34-32-30-28-26-24-16-14-12-10-8-6-4-2/h26,28,40-46,48,50-55H,3-25,27,29-39H2,1-2H3,(H,49,56)/b28-26-/t40-,41+,42+,43+,44+,45?,46?,48+/m0/s1. The zero-order valence-electron chi connectivity index (χ0n) is 37.4. The number of nitrogens with one attached hydrogen (secondary N) is 1. The average molecular weight is 828 g/mol. The summed E-state index contributed by atoms with van der Waals surface area (Å²) in [7, 11) is 0. The molecule has 1 saturated heterocycles. The molecule has 8 atom stereocenters. The zero-order chi connectivity index (χ0) is 42.5. The number of rotatable bonds is 41. The Bertz CT molecular complexity index is 937. The maximum Gasteiger partial charge on any atom is 0.249 e. The molecule has 1 rings (SSSR count). The summed E-state index contributed by atoms with van der Waals surface area (Å²) < 4.78 is 11.2. The molecule has 10 heteroatoms. The van der Waals surface area contributed by atoms with Crippen molar-refractivity contribution in [1.29, 1.82) is 0 Å². The highest BCUT2D eigenvalue weighted by Gasteiger charge is 2.44. The highest BCUT2D eigenvalue weighted by molar-refractivity contribution is 5.80. The Morgan fingerprint density at radius 3 is 1.41 bits per heavy atom. The highest BCUT2D eigenvalue weighted by Crippen LogP contribution is 2.23. The van der Waals surface area contributed by atoms with Gasteiger partial charge in [0.1, 0.15) is 30.5 Å². The van der Waals surface area contributed by atoms with Crippen LogP contribution in [0.4, 0.5) is 0 Å². The molecule has 1 amide bonds. The second-order valence-corrected chi connectivity index (χ2v) is 17.4. The van der Waals surface area contributed by atoms with Crippen LogP contribution in [-0.4, -0.2) is 98.7 Å². The van der Waals surface area contributed by atoms with Crippen LogP contribution >= 0.6 is 0 Å². The topological polar surface area (TPSA) is 169 Å². The molecule has 10 nitrogen and oxygen atoms in total. The minimum atomic E-state index is -1.60. The predicted octanol–water partition coefficient (Wildman–Crippen LogP) is 9.48. The first-order chi connectivity index (χ1) is 28.3. The normalized spacial score (nSPS) is 21.4. The monoisotopic (exact) mass is 828 g/mol. The van der Waals surface area contributed by atoms with E-state index >= 15 is 0 Å². The van der Waals surface area contributed by atoms with Gasteiger partial charge in [-0.25, -0.2) is 0 Å². The Morgan fingerprint density at radius 1 is 0.569 bits per heavy atom. The molecular weight excluding hydrogens is 735 g/mol. The van der Waals surface area contributed by atoms with Crippen LogP contribution < -0.4 is 5.32 Å². The Labute approximate surface area is 355 Å². The Kier molecular flexibility index (Phi) is 36.7. The van der Waals surface area contributed by atoms with Gasteiger partial charge in [0.05, 0.1) is 25.4 Å².